The number of rotatable bonds is 2. The summed E-state index contributed by atoms with van der Waals surface area (Å²) >= 11 is 5.02. The molecule has 0 fully saturated rings. The molecule has 0 aliphatic carbocycles. The number of thioether (sulfide) groups is 1. The van der Waals surface area contributed by atoms with Crippen LogP contribution in [0, 0.1) is 0 Å². The molecule has 0 saturated heterocycles. The summed E-state index contributed by atoms with van der Waals surface area (Å²) in [5.41, 5.74) is 3.83. The van der Waals surface area contributed by atoms with Crippen LogP contribution in [0.15, 0.2) is 32.6 Å². The Bertz CT molecular complexity index is 1250. The van der Waals surface area contributed by atoms with E-state index in [4.69, 9.17) is 9.90 Å². The van der Waals surface area contributed by atoms with Gasteiger partial charge in [-0.3, -0.25) is 4.99 Å². The van der Waals surface area contributed by atoms with Crippen LogP contribution in [-0.4, -0.2) is 40.5 Å². The number of hydrogen-bond donors (Lipinski definition) is 4. The lowest BCUT2D eigenvalue weighted by Gasteiger charge is -2.14. The van der Waals surface area contributed by atoms with Crippen molar-refractivity contribution in [3.63, 3.8) is 0 Å². The van der Waals surface area contributed by atoms with E-state index in [0.29, 0.717) is 10.2 Å². The van der Waals surface area contributed by atoms with Crippen molar-refractivity contribution in [3.05, 3.63) is 38.8 Å². The number of nitrogens with one attached hydrogen (secondary N) is 2. The van der Waals surface area contributed by atoms with Gasteiger partial charge in [0.05, 0.1) is 26.1 Å². The van der Waals surface area contributed by atoms with Gasteiger partial charge in [-0.25, -0.2) is 4.99 Å². The number of aliphatic carboxylic acids is 1. The minimum absolute atomic E-state index is 0.0947. The van der Waals surface area contributed by atoms with Crippen LogP contribution in [0.1, 0.15) is 12.0 Å². The van der Waals surface area contributed by atoms with Gasteiger partial charge in [-0.1, -0.05) is 0 Å². The van der Waals surface area contributed by atoms with Gasteiger partial charge in [0.2, 0.25) is 5.75 Å². The average molecular weight is 530 g/mol. The molecule has 0 radical (unpaired) electrons. The topological polar surface area (TPSA) is 119 Å². The fourth-order valence-corrected chi connectivity index (χ4v) is 5.21. The largest absolute Gasteiger partial charge is 0.542 e. The molecule has 4 N–H and O–H groups in total. The highest BCUT2D eigenvalue weighted by atomic mass is 79.9. The summed E-state index contributed by atoms with van der Waals surface area (Å²) < 4.78 is 32.3. The highest BCUT2D eigenvalue weighted by molar-refractivity contribution is 9.10. The van der Waals surface area contributed by atoms with Gasteiger partial charge in [-0.2, -0.15) is 13.2 Å². The van der Waals surface area contributed by atoms with E-state index in [-0.39, 0.29) is 16.9 Å². The normalized spacial score (nSPS) is 17.8. The van der Waals surface area contributed by atoms with Gasteiger partial charge in [0.25, 0.3) is 5.69 Å². The third-order valence-corrected chi connectivity index (χ3v) is 6.84. The Balaban J connectivity index is 0.000000307. The zero-order chi connectivity index (χ0) is 23.2. The van der Waals surface area contributed by atoms with E-state index in [1.807, 2.05) is 18.3 Å². The number of carboxylic acids is 1. The molecular weight excluding hydrogens is 515 g/mol. The van der Waals surface area contributed by atoms with E-state index in [2.05, 4.69) is 31.2 Å². The van der Waals surface area contributed by atoms with Gasteiger partial charge in [0, 0.05) is 23.4 Å². The van der Waals surface area contributed by atoms with E-state index in [1.165, 1.54) is 11.1 Å². The van der Waals surface area contributed by atoms with Crippen molar-refractivity contribution in [1.29, 1.82) is 0 Å². The zero-order valence-electron chi connectivity index (χ0n) is 16.1. The Labute approximate surface area is 191 Å². The van der Waals surface area contributed by atoms with Crippen molar-refractivity contribution < 1.29 is 38.3 Å². The standard InChI is InChI=1S/C18H14BrN3O2S.C2HF3O2/c19-10-3-9-4-15(25-14(9)6-13(10)23)22-12-5-11-16-8(1-2-20-11)7-21-17(16)18(12)24;3-2(4,5)1(6)7/h3,5-7,15,22-24H,1-2,4H2;(H,6,7). The van der Waals surface area contributed by atoms with Gasteiger partial charge >= 0.3 is 6.18 Å². The highest BCUT2D eigenvalue weighted by Gasteiger charge is 2.29. The second-order valence-corrected chi connectivity index (χ2v) is 9.24. The predicted molar refractivity (Wildman–Crippen MR) is 112 cm³/mol. The number of anilines is 1. The van der Waals surface area contributed by atoms with Crippen molar-refractivity contribution in [1.82, 2.24) is 0 Å². The first kappa shape index (κ1) is 22.5. The minimum Gasteiger partial charge on any atom is -0.542 e. The van der Waals surface area contributed by atoms with Crippen molar-refractivity contribution in [2.24, 2.45) is 4.99 Å². The number of phenolic OH excluding ortho intramolecular Hbond substituents is 2. The van der Waals surface area contributed by atoms with Gasteiger partial charge in [0.1, 0.15) is 11.7 Å². The van der Waals surface area contributed by atoms with Crippen molar-refractivity contribution in [2.45, 2.75) is 29.3 Å². The van der Waals surface area contributed by atoms with E-state index < -0.39 is 12.1 Å². The molecule has 0 saturated carbocycles. The lowest BCUT2D eigenvalue weighted by atomic mass is 10.1. The Hall–Kier alpha value is -2.73. The van der Waals surface area contributed by atoms with E-state index in [0.717, 1.165) is 40.5 Å². The molecular formula is C20H15BrF3N3O4S. The molecule has 1 unspecified atom stereocenters. The summed E-state index contributed by atoms with van der Waals surface area (Å²) in [6.07, 6.45) is -1.50. The first-order valence-electron chi connectivity index (χ1n) is 9.30. The summed E-state index contributed by atoms with van der Waals surface area (Å²) in [4.78, 5) is 17.6. The summed E-state index contributed by atoms with van der Waals surface area (Å²) in [6, 6.07) is 5.68. The van der Waals surface area contributed by atoms with Crippen molar-refractivity contribution in [3.8, 4) is 11.5 Å². The molecule has 5 rings (SSSR count). The van der Waals surface area contributed by atoms with Crippen LogP contribution in [-0.2, 0) is 11.2 Å². The molecule has 0 spiro atoms. The Morgan fingerprint density at radius 3 is 2.72 bits per heavy atom. The van der Waals surface area contributed by atoms with Crippen molar-refractivity contribution >= 4 is 56.8 Å². The fraction of sp³-hybridized carbons (Fsp3) is 0.250. The lowest BCUT2D eigenvalue weighted by molar-refractivity contribution is -0.345. The lowest BCUT2D eigenvalue weighted by Crippen LogP contribution is -2.61. The molecule has 7 nitrogen and oxygen atoms in total. The molecule has 168 valence electrons. The molecule has 0 amide bonds. The molecule has 1 atom stereocenters. The number of carbonyl (C=O) groups excluding carboxylic acids is 1. The highest BCUT2D eigenvalue weighted by Crippen LogP contribution is 2.42. The van der Waals surface area contributed by atoms with Crippen LogP contribution in [0.5, 0.6) is 11.5 Å². The molecule has 3 aliphatic heterocycles. The number of nitrogens with zero attached hydrogens (tertiary/aromatic N) is 1. The molecule has 0 bridgehead atoms. The number of halogens is 4. The Kier molecular flexibility index (Phi) is 5.84. The second kappa shape index (κ2) is 8.32. The monoisotopic (exact) mass is 529 g/mol. The van der Waals surface area contributed by atoms with Gasteiger partial charge in [-0.05, 0) is 46.1 Å². The van der Waals surface area contributed by atoms with Crippen LogP contribution in [0.25, 0.3) is 5.57 Å². The second-order valence-electron chi connectivity index (χ2n) is 7.14. The zero-order valence-corrected chi connectivity index (χ0v) is 18.5. The van der Waals surface area contributed by atoms with E-state index in [9.17, 15) is 23.4 Å². The third-order valence-electron chi connectivity index (χ3n) is 5.01. The maximum absolute atomic E-state index is 10.7. The maximum Gasteiger partial charge on any atom is 0.430 e. The van der Waals surface area contributed by atoms with Crippen LogP contribution < -0.4 is 26.0 Å². The fourth-order valence-electron chi connectivity index (χ4n) is 3.59. The van der Waals surface area contributed by atoms with Gasteiger partial charge in [-0.15, -0.1) is 11.8 Å². The predicted octanol–water partition coefficient (Wildman–Crippen LogP) is 0.216. The summed E-state index contributed by atoms with van der Waals surface area (Å²) in [5.74, 6) is -2.52. The summed E-state index contributed by atoms with van der Waals surface area (Å²) in [7, 11) is 0. The number of alkyl halides is 3. The van der Waals surface area contributed by atoms with E-state index >= 15 is 0 Å². The Morgan fingerprint density at radius 2 is 2.03 bits per heavy atom. The molecule has 12 heteroatoms. The third kappa shape index (κ3) is 4.29. The molecule has 0 aromatic heterocycles. The van der Waals surface area contributed by atoms with Gasteiger partial charge < -0.3 is 25.4 Å². The molecule has 2 aromatic rings. The number of aromatic hydroxyl groups is 2. The quantitative estimate of drug-likeness (QED) is 0.413. The number of hydrogen-bond acceptors (Lipinski definition) is 7. The maximum atomic E-state index is 10.7. The average Bonchev–Trinajstić information content (AvgIpc) is 3.31. The SMILES string of the molecule is O=C([O-])C(F)(F)F.Oc1cc2c(cc1Br)CC(Nc1cc3c4c(c1O)[NH+]=CC=4CCN=3)S2. The Morgan fingerprint density at radius 1 is 1.31 bits per heavy atom. The number of benzene rings is 2. The number of carbonyl (C=O) groups is 1. The van der Waals surface area contributed by atoms with Crippen molar-refractivity contribution in [2.75, 3.05) is 11.9 Å². The molecule has 3 heterocycles. The number of carboxylic acid groups (broad SMARTS) is 1. The van der Waals surface area contributed by atoms with Gasteiger partial charge in [0.15, 0.2) is 6.21 Å². The van der Waals surface area contributed by atoms with Crippen LogP contribution in [0.2, 0.25) is 0 Å². The summed E-state index contributed by atoms with van der Waals surface area (Å²) in [5, 5.41) is 34.8. The smallest absolute Gasteiger partial charge is 0.430 e. The number of fused-ring (bicyclic) bond motifs is 1. The van der Waals surface area contributed by atoms with E-state index in [1.54, 1.807) is 17.8 Å². The molecule has 32 heavy (non-hydrogen) atoms. The first-order valence-corrected chi connectivity index (χ1v) is 11.0. The molecule has 2 aromatic carbocycles. The van der Waals surface area contributed by atoms with Crippen LogP contribution in [0.4, 0.5) is 24.5 Å². The number of phenols is 2. The first-order chi connectivity index (χ1) is 15.0. The molecule has 3 aliphatic rings. The van der Waals surface area contributed by atoms with Crippen LogP contribution >= 0.6 is 27.7 Å². The summed E-state index contributed by atoms with van der Waals surface area (Å²) in [6.45, 7) is 0.779. The minimum atomic E-state index is -5.19. The van der Waals surface area contributed by atoms with Crippen LogP contribution in [0.3, 0.4) is 0 Å².